The van der Waals surface area contributed by atoms with Gasteiger partial charge in [-0.25, -0.2) is 0 Å². The summed E-state index contributed by atoms with van der Waals surface area (Å²) in [6.07, 6.45) is 4.90. The molecule has 2 rings (SSSR count). The van der Waals surface area contributed by atoms with Gasteiger partial charge in [0.1, 0.15) is 0 Å². The first-order chi connectivity index (χ1) is 8.53. The molecule has 1 heterocycles. The Morgan fingerprint density at radius 3 is 1.89 bits per heavy atom. The number of piperazine rings is 1. The Morgan fingerprint density at radius 2 is 1.42 bits per heavy atom. The van der Waals surface area contributed by atoms with E-state index in [9.17, 15) is 9.59 Å². The van der Waals surface area contributed by atoms with Crippen molar-refractivity contribution in [3.63, 3.8) is 0 Å². The summed E-state index contributed by atoms with van der Waals surface area (Å²) in [7, 11) is 0. The highest BCUT2D eigenvalue weighted by Gasteiger charge is 2.39. The first-order valence-corrected chi connectivity index (χ1v) is 6.87. The smallest absolute Gasteiger partial charge is 0.242 e. The van der Waals surface area contributed by atoms with Crippen molar-refractivity contribution in [2.45, 2.75) is 44.6 Å². The van der Waals surface area contributed by atoms with Crippen LogP contribution in [0.25, 0.3) is 0 Å². The zero-order chi connectivity index (χ0) is 13.2. The van der Waals surface area contributed by atoms with Crippen molar-refractivity contribution in [1.29, 1.82) is 0 Å². The molecule has 0 atom stereocenters. The summed E-state index contributed by atoms with van der Waals surface area (Å²) in [6.45, 7) is 4.09. The topological polar surface area (TPSA) is 66.6 Å². The zero-order valence-electron chi connectivity index (χ0n) is 11.6. The molecule has 0 aromatic rings. The van der Waals surface area contributed by atoms with Gasteiger partial charge in [-0.15, -0.1) is 12.4 Å². The number of nitrogens with zero attached hydrogens (tertiary/aromatic N) is 2. The molecule has 1 aliphatic carbocycles. The van der Waals surface area contributed by atoms with E-state index >= 15 is 0 Å². The molecule has 0 spiro atoms. The van der Waals surface area contributed by atoms with E-state index in [2.05, 4.69) is 0 Å². The molecule has 0 unspecified atom stereocenters. The van der Waals surface area contributed by atoms with Gasteiger partial charge in [-0.3, -0.25) is 9.59 Å². The van der Waals surface area contributed by atoms with Gasteiger partial charge in [0.2, 0.25) is 11.8 Å². The standard InChI is InChI=1S/C13H23N3O2.ClH/c1-11(17)15-7-9-16(10-8-15)12(18)13(14)5-3-2-4-6-13;/h2-10,14H2,1H3;1H. The highest BCUT2D eigenvalue weighted by molar-refractivity contribution is 5.86. The van der Waals surface area contributed by atoms with Gasteiger partial charge in [0.05, 0.1) is 5.54 Å². The van der Waals surface area contributed by atoms with Crippen LogP contribution in [-0.4, -0.2) is 53.3 Å². The Hall–Kier alpha value is -0.810. The molecule has 0 aromatic carbocycles. The summed E-state index contributed by atoms with van der Waals surface area (Å²) in [4.78, 5) is 27.3. The maximum absolute atomic E-state index is 12.4. The third-order valence-corrected chi connectivity index (χ3v) is 4.18. The Kier molecular flexibility index (Phi) is 5.62. The number of nitrogens with two attached hydrogens (primary N) is 1. The third-order valence-electron chi connectivity index (χ3n) is 4.18. The van der Waals surface area contributed by atoms with Crippen LogP contribution >= 0.6 is 12.4 Å². The molecule has 1 saturated heterocycles. The average Bonchev–Trinajstić information content (AvgIpc) is 2.39. The predicted octanol–water partition coefficient (Wildman–Crippen LogP) is 0.760. The lowest BCUT2D eigenvalue weighted by Crippen LogP contribution is -2.60. The molecule has 1 aliphatic heterocycles. The number of carbonyl (C=O) groups excluding carboxylic acids is 2. The maximum atomic E-state index is 12.4. The molecule has 1 saturated carbocycles. The van der Waals surface area contributed by atoms with E-state index in [1.807, 2.05) is 4.90 Å². The second kappa shape index (κ2) is 6.57. The number of hydrogen-bond donors (Lipinski definition) is 1. The molecular formula is C13H24ClN3O2. The lowest BCUT2D eigenvalue weighted by molar-refractivity contribution is -0.143. The molecule has 0 radical (unpaired) electrons. The van der Waals surface area contributed by atoms with Crippen molar-refractivity contribution in [1.82, 2.24) is 9.80 Å². The lowest BCUT2D eigenvalue weighted by Gasteiger charge is -2.40. The van der Waals surface area contributed by atoms with E-state index in [0.29, 0.717) is 26.2 Å². The van der Waals surface area contributed by atoms with Gasteiger partial charge in [0, 0.05) is 33.1 Å². The minimum Gasteiger partial charge on any atom is -0.339 e. The number of carbonyl (C=O) groups is 2. The minimum atomic E-state index is -0.642. The molecule has 5 nitrogen and oxygen atoms in total. The highest BCUT2D eigenvalue weighted by Crippen LogP contribution is 2.28. The molecule has 0 aromatic heterocycles. The van der Waals surface area contributed by atoms with Crippen molar-refractivity contribution in [2.24, 2.45) is 5.73 Å². The van der Waals surface area contributed by atoms with Crippen LogP contribution in [-0.2, 0) is 9.59 Å². The van der Waals surface area contributed by atoms with E-state index in [4.69, 9.17) is 5.73 Å². The van der Waals surface area contributed by atoms with Gasteiger partial charge in [-0.2, -0.15) is 0 Å². The van der Waals surface area contributed by atoms with E-state index < -0.39 is 5.54 Å². The molecule has 6 heteroatoms. The largest absolute Gasteiger partial charge is 0.339 e. The number of hydrogen-bond acceptors (Lipinski definition) is 3. The number of rotatable bonds is 1. The van der Waals surface area contributed by atoms with E-state index in [1.54, 1.807) is 11.8 Å². The quantitative estimate of drug-likeness (QED) is 0.775. The van der Waals surface area contributed by atoms with Gasteiger partial charge < -0.3 is 15.5 Å². The monoisotopic (exact) mass is 289 g/mol. The van der Waals surface area contributed by atoms with Crippen molar-refractivity contribution in [3.05, 3.63) is 0 Å². The SMILES string of the molecule is CC(=O)N1CCN(C(=O)C2(N)CCCCC2)CC1.Cl. The lowest BCUT2D eigenvalue weighted by atomic mass is 9.81. The molecule has 0 bridgehead atoms. The van der Waals surface area contributed by atoms with Gasteiger partial charge in [-0.1, -0.05) is 19.3 Å². The van der Waals surface area contributed by atoms with Crippen LogP contribution in [0.15, 0.2) is 0 Å². The fourth-order valence-corrected chi connectivity index (χ4v) is 2.94. The van der Waals surface area contributed by atoms with Crippen LogP contribution in [0.2, 0.25) is 0 Å². The number of halogens is 1. The molecular weight excluding hydrogens is 266 g/mol. The Balaban J connectivity index is 0.00000180. The first-order valence-electron chi connectivity index (χ1n) is 6.87. The molecule has 110 valence electrons. The Labute approximate surface area is 120 Å². The van der Waals surface area contributed by atoms with E-state index in [-0.39, 0.29) is 24.2 Å². The second-order valence-corrected chi connectivity index (χ2v) is 5.52. The van der Waals surface area contributed by atoms with Crippen molar-refractivity contribution >= 4 is 24.2 Å². The molecule has 2 fully saturated rings. The Bertz CT molecular complexity index is 335. The van der Waals surface area contributed by atoms with Gasteiger partial charge in [0.25, 0.3) is 0 Å². The molecule has 2 N–H and O–H groups in total. The molecule has 2 aliphatic rings. The fourth-order valence-electron chi connectivity index (χ4n) is 2.94. The summed E-state index contributed by atoms with van der Waals surface area (Å²) in [5.41, 5.74) is 5.61. The maximum Gasteiger partial charge on any atom is 0.242 e. The summed E-state index contributed by atoms with van der Waals surface area (Å²) in [5.74, 6) is 0.174. The first kappa shape index (κ1) is 16.2. The van der Waals surface area contributed by atoms with Gasteiger partial charge in [-0.05, 0) is 12.8 Å². The van der Waals surface area contributed by atoms with Gasteiger partial charge in [0.15, 0.2) is 0 Å². The van der Waals surface area contributed by atoms with Crippen molar-refractivity contribution in [2.75, 3.05) is 26.2 Å². The molecule has 2 amide bonds. The summed E-state index contributed by atoms with van der Waals surface area (Å²) >= 11 is 0. The third kappa shape index (κ3) is 3.60. The minimum absolute atomic E-state index is 0. The molecule has 19 heavy (non-hydrogen) atoms. The Morgan fingerprint density at radius 1 is 0.947 bits per heavy atom. The number of amides is 2. The van der Waals surface area contributed by atoms with Crippen LogP contribution in [0.1, 0.15) is 39.0 Å². The second-order valence-electron chi connectivity index (χ2n) is 5.52. The van der Waals surface area contributed by atoms with Crippen LogP contribution in [0.3, 0.4) is 0 Å². The van der Waals surface area contributed by atoms with Crippen molar-refractivity contribution < 1.29 is 9.59 Å². The zero-order valence-corrected chi connectivity index (χ0v) is 12.4. The summed E-state index contributed by atoms with van der Waals surface area (Å²) < 4.78 is 0. The van der Waals surface area contributed by atoms with Gasteiger partial charge >= 0.3 is 0 Å². The summed E-state index contributed by atoms with van der Waals surface area (Å²) in [5, 5.41) is 0. The van der Waals surface area contributed by atoms with Crippen molar-refractivity contribution in [3.8, 4) is 0 Å². The van der Waals surface area contributed by atoms with E-state index in [0.717, 1.165) is 25.7 Å². The fraction of sp³-hybridized carbons (Fsp3) is 0.846. The van der Waals surface area contributed by atoms with Crippen LogP contribution < -0.4 is 5.73 Å². The average molecular weight is 290 g/mol. The highest BCUT2D eigenvalue weighted by atomic mass is 35.5. The predicted molar refractivity (Wildman–Crippen MR) is 76.1 cm³/mol. The van der Waals surface area contributed by atoms with Crippen LogP contribution in [0, 0.1) is 0 Å². The summed E-state index contributed by atoms with van der Waals surface area (Å²) in [6, 6.07) is 0. The van der Waals surface area contributed by atoms with Crippen LogP contribution in [0.4, 0.5) is 0 Å². The van der Waals surface area contributed by atoms with Crippen LogP contribution in [0.5, 0.6) is 0 Å². The normalized spacial score (nSPS) is 22.6. The van der Waals surface area contributed by atoms with E-state index in [1.165, 1.54) is 6.42 Å².